The van der Waals surface area contributed by atoms with Gasteiger partial charge in [0.05, 0.1) is 22.3 Å². The molecule has 6 rings (SSSR count). The molecule has 11 heteroatoms. The Bertz CT molecular complexity index is 1470. The third-order valence-corrected chi connectivity index (χ3v) is 8.35. The first-order valence-corrected chi connectivity index (χ1v) is 14.4. The van der Waals surface area contributed by atoms with E-state index in [0.29, 0.717) is 55.3 Å². The first kappa shape index (κ1) is 27.5. The SMILES string of the molecule is C=CC(=O)N1CCN(c2nc(OC[C@@H]3CCCN3C)nc3c(OC4CC4)c(-c4c(O)cccc4F)c(Cl)cc23)CC1. The molecule has 3 heterocycles. The summed E-state index contributed by atoms with van der Waals surface area (Å²) in [5.74, 6) is -0.0843. The van der Waals surface area contributed by atoms with Crippen LogP contribution in [0.3, 0.4) is 0 Å². The van der Waals surface area contributed by atoms with Crippen LogP contribution in [-0.4, -0.2) is 89.3 Å². The van der Waals surface area contributed by atoms with Crippen molar-refractivity contribution in [1.29, 1.82) is 0 Å². The molecule has 3 fully saturated rings. The van der Waals surface area contributed by atoms with Crippen molar-refractivity contribution in [3.8, 4) is 28.6 Å². The number of carbonyl (C=O) groups excluding carboxylic acids is 1. The third kappa shape index (κ3) is 5.50. The number of likely N-dealkylation sites (tertiary alicyclic amines) is 1. The van der Waals surface area contributed by atoms with Gasteiger partial charge in [-0.15, -0.1) is 0 Å². The fraction of sp³-hybridized carbons (Fsp3) is 0.433. The number of phenols is 1. The van der Waals surface area contributed by atoms with Crippen molar-refractivity contribution in [3.63, 3.8) is 0 Å². The molecular formula is C30H33ClFN5O4. The highest BCUT2D eigenvalue weighted by molar-refractivity contribution is 6.35. The molecule has 0 bridgehead atoms. The van der Waals surface area contributed by atoms with Gasteiger partial charge in [0.2, 0.25) is 5.91 Å². The highest BCUT2D eigenvalue weighted by atomic mass is 35.5. The molecule has 1 saturated carbocycles. The number of aromatic hydroxyl groups is 1. The monoisotopic (exact) mass is 581 g/mol. The second-order valence-corrected chi connectivity index (χ2v) is 11.3. The van der Waals surface area contributed by atoms with Crippen molar-refractivity contribution in [2.75, 3.05) is 51.3 Å². The van der Waals surface area contributed by atoms with E-state index in [2.05, 4.69) is 23.4 Å². The molecule has 1 aliphatic carbocycles. The van der Waals surface area contributed by atoms with E-state index < -0.39 is 5.82 Å². The van der Waals surface area contributed by atoms with Gasteiger partial charge in [-0.1, -0.05) is 24.2 Å². The molecule has 1 atom stereocenters. The van der Waals surface area contributed by atoms with Crippen molar-refractivity contribution in [1.82, 2.24) is 19.8 Å². The van der Waals surface area contributed by atoms with E-state index in [1.807, 2.05) is 0 Å². The quantitative estimate of drug-likeness (QED) is 0.385. The van der Waals surface area contributed by atoms with Crippen LogP contribution in [-0.2, 0) is 4.79 Å². The maximum Gasteiger partial charge on any atom is 0.319 e. The molecule has 2 aromatic carbocycles. The molecule has 2 aliphatic heterocycles. The first-order valence-electron chi connectivity index (χ1n) is 14.0. The summed E-state index contributed by atoms with van der Waals surface area (Å²) in [6.07, 6.45) is 5.10. The largest absolute Gasteiger partial charge is 0.507 e. The van der Waals surface area contributed by atoms with E-state index in [-0.39, 0.29) is 46.0 Å². The van der Waals surface area contributed by atoms with Gasteiger partial charge in [0.25, 0.3) is 0 Å². The molecule has 3 aromatic rings. The van der Waals surface area contributed by atoms with Gasteiger partial charge >= 0.3 is 6.01 Å². The fourth-order valence-electron chi connectivity index (χ4n) is 5.56. The summed E-state index contributed by atoms with van der Waals surface area (Å²) in [6.45, 7) is 7.10. The lowest BCUT2D eigenvalue weighted by Crippen LogP contribution is -2.48. The zero-order valence-corrected chi connectivity index (χ0v) is 23.7. The van der Waals surface area contributed by atoms with Crippen LogP contribution in [0.15, 0.2) is 36.9 Å². The van der Waals surface area contributed by atoms with Gasteiger partial charge in [0.1, 0.15) is 29.5 Å². The van der Waals surface area contributed by atoms with Gasteiger partial charge < -0.3 is 29.3 Å². The smallest absolute Gasteiger partial charge is 0.319 e. The summed E-state index contributed by atoms with van der Waals surface area (Å²) in [4.78, 5) is 27.9. The summed E-state index contributed by atoms with van der Waals surface area (Å²) in [5, 5.41) is 11.5. The molecule has 1 amide bonds. The number of carbonyl (C=O) groups is 1. The van der Waals surface area contributed by atoms with Crippen molar-refractivity contribution in [2.24, 2.45) is 0 Å². The van der Waals surface area contributed by atoms with E-state index in [4.69, 9.17) is 31.0 Å². The summed E-state index contributed by atoms with van der Waals surface area (Å²) in [6, 6.07) is 6.27. The second kappa shape index (κ2) is 11.3. The minimum absolute atomic E-state index is 0.0400. The maximum atomic E-state index is 15.2. The third-order valence-electron chi connectivity index (χ3n) is 8.05. The zero-order valence-electron chi connectivity index (χ0n) is 23.0. The summed E-state index contributed by atoms with van der Waals surface area (Å²) in [7, 11) is 2.08. The van der Waals surface area contributed by atoms with Crippen LogP contribution in [0, 0.1) is 5.82 Å². The van der Waals surface area contributed by atoms with E-state index in [1.54, 1.807) is 11.0 Å². The Balaban J connectivity index is 1.49. The van der Waals surface area contributed by atoms with Gasteiger partial charge in [0, 0.05) is 37.6 Å². The fourth-order valence-corrected chi connectivity index (χ4v) is 5.85. The highest BCUT2D eigenvalue weighted by Gasteiger charge is 2.32. The normalized spacial score (nSPS) is 19.5. The lowest BCUT2D eigenvalue weighted by molar-refractivity contribution is -0.126. The van der Waals surface area contributed by atoms with E-state index in [0.717, 1.165) is 32.2 Å². The van der Waals surface area contributed by atoms with Crippen LogP contribution < -0.4 is 14.4 Å². The van der Waals surface area contributed by atoms with Crippen molar-refractivity contribution in [2.45, 2.75) is 37.8 Å². The molecule has 0 unspecified atom stereocenters. The predicted octanol–water partition coefficient (Wildman–Crippen LogP) is 4.64. The molecular weight excluding hydrogens is 549 g/mol. The average molecular weight is 582 g/mol. The van der Waals surface area contributed by atoms with E-state index in [1.165, 1.54) is 24.3 Å². The number of piperazine rings is 1. The lowest BCUT2D eigenvalue weighted by atomic mass is 10.00. The van der Waals surface area contributed by atoms with E-state index >= 15 is 4.39 Å². The van der Waals surface area contributed by atoms with Gasteiger partial charge in [-0.05, 0) is 63.6 Å². The van der Waals surface area contributed by atoms with Crippen LogP contribution >= 0.6 is 11.6 Å². The van der Waals surface area contributed by atoms with Crippen LogP contribution in [0.5, 0.6) is 17.5 Å². The van der Waals surface area contributed by atoms with Crippen molar-refractivity contribution in [3.05, 3.63) is 47.8 Å². The minimum Gasteiger partial charge on any atom is -0.507 e. The number of halogens is 2. The zero-order chi connectivity index (χ0) is 28.7. The number of hydrogen-bond donors (Lipinski definition) is 1. The molecule has 0 spiro atoms. The average Bonchev–Trinajstić information content (AvgIpc) is 3.70. The molecule has 1 N–H and O–H groups in total. The number of nitrogens with zero attached hydrogens (tertiary/aromatic N) is 5. The number of benzene rings is 2. The number of likely N-dealkylation sites (N-methyl/N-ethyl adjacent to an activating group) is 1. The summed E-state index contributed by atoms with van der Waals surface area (Å²) < 4.78 is 27.7. The lowest BCUT2D eigenvalue weighted by Gasteiger charge is -2.35. The summed E-state index contributed by atoms with van der Waals surface area (Å²) >= 11 is 6.86. The number of fused-ring (bicyclic) bond motifs is 1. The van der Waals surface area contributed by atoms with Crippen LogP contribution in [0.2, 0.25) is 5.02 Å². The van der Waals surface area contributed by atoms with Crippen LogP contribution in [0.25, 0.3) is 22.0 Å². The Morgan fingerprint density at radius 1 is 1.17 bits per heavy atom. The van der Waals surface area contributed by atoms with Crippen LogP contribution in [0.1, 0.15) is 25.7 Å². The molecule has 9 nitrogen and oxygen atoms in total. The Morgan fingerprint density at radius 3 is 2.61 bits per heavy atom. The highest BCUT2D eigenvalue weighted by Crippen LogP contribution is 2.49. The van der Waals surface area contributed by atoms with Crippen molar-refractivity contribution < 1.29 is 23.8 Å². The Hall–Kier alpha value is -3.63. The molecule has 3 aliphatic rings. The number of rotatable bonds is 8. The molecule has 0 radical (unpaired) electrons. The molecule has 216 valence electrons. The molecule has 1 aromatic heterocycles. The maximum absolute atomic E-state index is 15.2. The van der Waals surface area contributed by atoms with Gasteiger partial charge in [0.15, 0.2) is 5.75 Å². The summed E-state index contributed by atoms with van der Waals surface area (Å²) in [5.41, 5.74) is 0.638. The first-order chi connectivity index (χ1) is 19.8. The van der Waals surface area contributed by atoms with Crippen LogP contribution in [0.4, 0.5) is 10.2 Å². The number of anilines is 1. The van der Waals surface area contributed by atoms with Gasteiger partial charge in [-0.2, -0.15) is 9.97 Å². The van der Waals surface area contributed by atoms with Gasteiger partial charge in [-0.25, -0.2) is 4.39 Å². The van der Waals surface area contributed by atoms with E-state index in [9.17, 15) is 9.90 Å². The molecule has 2 saturated heterocycles. The number of phenolic OH excluding ortho intramolecular Hbond substituents is 1. The second-order valence-electron chi connectivity index (χ2n) is 10.8. The van der Waals surface area contributed by atoms with Crippen molar-refractivity contribution >= 4 is 34.2 Å². The Morgan fingerprint density at radius 2 is 1.95 bits per heavy atom. The Labute approximate surface area is 243 Å². The Kier molecular flexibility index (Phi) is 7.61. The molecule has 41 heavy (non-hydrogen) atoms. The topological polar surface area (TPSA) is 91.3 Å². The number of hydrogen-bond acceptors (Lipinski definition) is 8. The predicted molar refractivity (Wildman–Crippen MR) is 155 cm³/mol. The standard InChI is InChI=1S/C30H33ClFN5O4/c1-3-24(39)36-12-14-37(15-13-36)29-20-16-21(31)25(26-22(32)7-4-8-23(26)38)28(41-19-9-10-19)27(20)33-30(34-29)40-17-18-6-5-11-35(18)2/h3-4,7-8,16,18-19,38H,1,5-6,9-15,17H2,2H3/t18-/m0/s1. The number of aromatic nitrogens is 2. The minimum atomic E-state index is -0.620. The van der Waals surface area contributed by atoms with Gasteiger partial charge in [-0.3, -0.25) is 4.79 Å². The number of ether oxygens (including phenoxy) is 2. The number of amides is 1.